The summed E-state index contributed by atoms with van der Waals surface area (Å²) in [6, 6.07) is 6.53. The lowest BCUT2D eigenvalue weighted by molar-refractivity contribution is -0.187. The van der Waals surface area contributed by atoms with Crippen molar-refractivity contribution in [2.75, 3.05) is 20.2 Å². The van der Waals surface area contributed by atoms with Gasteiger partial charge in [0.25, 0.3) is 0 Å². The zero-order chi connectivity index (χ0) is 14.3. The Morgan fingerprint density at radius 2 is 1.95 bits per heavy atom. The predicted octanol–water partition coefficient (Wildman–Crippen LogP) is 3.16. The number of rotatable bonds is 1. The molecule has 1 aromatic carbocycles. The molecule has 3 heteroatoms. The molecule has 1 aromatic rings. The van der Waals surface area contributed by atoms with Crippen LogP contribution in [0.15, 0.2) is 18.2 Å². The lowest BCUT2D eigenvalue weighted by atomic mass is 9.77. The van der Waals surface area contributed by atoms with Crippen LogP contribution in [-0.4, -0.2) is 25.8 Å². The highest BCUT2D eigenvalue weighted by molar-refractivity contribution is 5.41. The van der Waals surface area contributed by atoms with E-state index in [9.17, 15) is 0 Å². The molecule has 2 spiro atoms. The van der Waals surface area contributed by atoms with E-state index in [2.05, 4.69) is 23.5 Å². The second-order valence-corrected chi connectivity index (χ2v) is 6.97. The molecule has 1 N–H and O–H groups in total. The quantitative estimate of drug-likeness (QED) is 0.860. The highest BCUT2D eigenvalue weighted by atomic mass is 16.5. The van der Waals surface area contributed by atoms with Crippen LogP contribution >= 0.6 is 0 Å². The van der Waals surface area contributed by atoms with Crippen molar-refractivity contribution in [3.05, 3.63) is 29.3 Å². The number of nitrogens with one attached hydrogen (secondary N) is 1. The number of methoxy groups -OCH3 is 1. The monoisotopic (exact) mass is 287 g/mol. The van der Waals surface area contributed by atoms with Crippen molar-refractivity contribution in [2.45, 2.75) is 56.1 Å². The summed E-state index contributed by atoms with van der Waals surface area (Å²) in [4.78, 5) is 0. The smallest absolute Gasteiger partial charge is 0.119 e. The Morgan fingerprint density at radius 3 is 2.76 bits per heavy atom. The molecule has 1 heterocycles. The molecule has 21 heavy (non-hydrogen) atoms. The summed E-state index contributed by atoms with van der Waals surface area (Å²) in [5.74, 6) is 0.963. The minimum absolute atomic E-state index is 0.0901. The van der Waals surface area contributed by atoms with Crippen LogP contribution in [0.2, 0.25) is 0 Å². The molecule has 1 saturated carbocycles. The van der Waals surface area contributed by atoms with Gasteiger partial charge in [0.1, 0.15) is 11.4 Å². The molecule has 3 nitrogen and oxygen atoms in total. The van der Waals surface area contributed by atoms with E-state index >= 15 is 0 Å². The van der Waals surface area contributed by atoms with Gasteiger partial charge in [0.2, 0.25) is 0 Å². The van der Waals surface area contributed by atoms with Gasteiger partial charge in [-0.3, -0.25) is 0 Å². The number of ether oxygens (including phenoxy) is 2. The molecule has 3 aliphatic rings. The molecular weight excluding hydrogens is 262 g/mol. The Balaban J connectivity index is 1.72. The van der Waals surface area contributed by atoms with E-state index in [1.165, 1.54) is 43.2 Å². The van der Waals surface area contributed by atoms with E-state index in [0.717, 1.165) is 31.7 Å². The van der Waals surface area contributed by atoms with Crippen LogP contribution in [0, 0.1) is 0 Å². The highest BCUT2D eigenvalue weighted by Gasteiger charge is 2.49. The molecule has 2 fully saturated rings. The standard InChI is InChI=1S/C18H25NO2/c1-20-15-6-7-16-14(11-15)5-4-10-18(16)13-19-12-17(21-18)8-2-3-9-17/h6-7,11,19H,2-5,8-10,12-13H2,1H3. The normalized spacial score (nSPS) is 30.5. The molecule has 0 aromatic heterocycles. The van der Waals surface area contributed by atoms with E-state index < -0.39 is 0 Å². The van der Waals surface area contributed by atoms with Gasteiger partial charge in [-0.2, -0.15) is 0 Å². The Kier molecular flexibility index (Phi) is 3.23. The van der Waals surface area contributed by atoms with Crippen molar-refractivity contribution in [3.8, 4) is 5.75 Å². The van der Waals surface area contributed by atoms with Crippen molar-refractivity contribution in [1.82, 2.24) is 5.32 Å². The van der Waals surface area contributed by atoms with E-state index in [1.54, 1.807) is 7.11 Å². The van der Waals surface area contributed by atoms with Gasteiger partial charge in [-0.15, -0.1) is 0 Å². The first-order chi connectivity index (χ1) is 10.3. The Morgan fingerprint density at radius 1 is 1.10 bits per heavy atom. The fourth-order valence-corrected chi connectivity index (χ4v) is 4.61. The number of aryl methyl sites for hydroxylation is 1. The minimum Gasteiger partial charge on any atom is -0.497 e. The number of benzene rings is 1. The lowest BCUT2D eigenvalue weighted by Gasteiger charge is -2.50. The van der Waals surface area contributed by atoms with Gasteiger partial charge < -0.3 is 14.8 Å². The largest absolute Gasteiger partial charge is 0.497 e. The van der Waals surface area contributed by atoms with Gasteiger partial charge in [-0.25, -0.2) is 0 Å². The van der Waals surface area contributed by atoms with E-state index in [-0.39, 0.29) is 11.2 Å². The summed E-state index contributed by atoms with van der Waals surface area (Å²) in [6.07, 6.45) is 8.55. The summed E-state index contributed by atoms with van der Waals surface area (Å²) in [6.45, 7) is 1.98. The van der Waals surface area contributed by atoms with Crippen LogP contribution in [0.1, 0.15) is 49.7 Å². The molecular formula is C18H25NO2. The molecule has 1 saturated heterocycles. The van der Waals surface area contributed by atoms with Crippen LogP contribution in [-0.2, 0) is 16.8 Å². The Labute approximate surface area is 127 Å². The van der Waals surface area contributed by atoms with Crippen LogP contribution < -0.4 is 10.1 Å². The molecule has 1 atom stereocenters. The third-order valence-corrected chi connectivity index (χ3v) is 5.61. The van der Waals surface area contributed by atoms with Gasteiger partial charge in [0.05, 0.1) is 12.7 Å². The summed E-state index contributed by atoms with van der Waals surface area (Å²) >= 11 is 0. The van der Waals surface area contributed by atoms with Crippen molar-refractivity contribution in [3.63, 3.8) is 0 Å². The molecule has 4 rings (SSSR count). The first kappa shape index (κ1) is 13.6. The predicted molar refractivity (Wildman–Crippen MR) is 82.8 cm³/mol. The number of hydrogen-bond acceptors (Lipinski definition) is 3. The second-order valence-electron chi connectivity index (χ2n) is 6.97. The van der Waals surface area contributed by atoms with Crippen LogP contribution in [0.25, 0.3) is 0 Å². The zero-order valence-electron chi connectivity index (χ0n) is 12.9. The Bertz CT molecular complexity index is 536. The minimum atomic E-state index is -0.109. The van der Waals surface area contributed by atoms with Gasteiger partial charge in [-0.05, 0) is 55.4 Å². The van der Waals surface area contributed by atoms with E-state index in [1.807, 2.05) is 0 Å². The van der Waals surface area contributed by atoms with Crippen molar-refractivity contribution >= 4 is 0 Å². The first-order valence-electron chi connectivity index (χ1n) is 8.34. The number of hydrogen-bond donors (Lipinski definition) is 1. The molecule has 0 bridgehead atoms. The first-order valence-corrected chi connectivity index (χ1v) is 8.34. The average Bonchev–Trinajstić information content (AvgIpc) is 2.95. The topological polar surface area (TPSA) is 30.5 Å². The average molecular weight is 287 g/mol. The fraction of sp³-hybridized carbons (Fsp3) is 0.667. The summed E-state index contributed by atoms with van der Waals surface area (Å²) in [5.41, 5.74) is 2.79. The molecule has 1 unspecified atom stereocenters. The second kappa shape index (κ2) is 4.99. The SMILES string of the molecule is COc1ccc2c(c1)CCCC21CNCC2(CCCC2)O1. The number of morpholine rings is 1. The van der Waals surface area contributed by atoms with Crippen LogP contribution in [0.3, 0.4) is 0 Å². The van der Waals surface area contributed by atoms with Gasteiger partial charge in [-0.1, -0.05) is 18.9 Å². The van der Waals surface area contributed by atoms with Gasteiger partial charge in [0, 0.05) is 13.1 Å². The molecule has 0 radical (unpaired) electrons. The van der Waals surface area contributed by atoms with Crippen molar-refractivity contribution in [1.29, 1.82) is 0 Å². The fourth-order valence-electron chi connectivity index (χ4n) is 4.61. The zero-order valence-corrected chi connectivity index (χ0v) is 12.9. The maximum atomic E-state index is 6.86. The summed E-state index contributed by atoms with van der Waals surface area (Å²) in [7, 11) is 1.74. The van der Waals surface area contributed by atoms with Gasteiger partial charge in [0.15, 0.2) is 0 Å². The number of fused-ring (bicyclic) bond motifs is 2. The highest BCUT2D eigenvalue weighted by Crippen LogP contribution is 2.47. The molecule has 114 valence electrons. The summed E-state index contributed by atoms with van der Waals surface area (Å²) < 4.78 is 12.3. The molecule has 1 aliphatic heterocycles. The molecule has 2 aliphatic carbocycles. The van der Waals surface area contributed by atoms with Crippen molar-refractivity contribution < 1.29 is 9.47 Å². The van der Waals surface area contributed by atoms with Crippen LogP contribution in [0.4, 0.5) is 0 Å². The van der Waals surface area contributed by atoms with E-state index in [0.29, 0.717) is 0 Å². The lowest BCUT2D eigenvalue weighted by Crippen LogP contribution is -2.58. The maximum Gasteiger partial charge on any atom is 0.119 e. The molecule has 0 amide bonds. The third-order valence-electron chi connectivity index (χ3n) is 5.61. The van der Waals surface area contributed by atoms with E-state index in [4.69, 9.17) is 9.47 Å². The summed E-state index contributed by atoms with van der Waals surface area (Å²) in [5, 5.41) is 3.69. The third kappa shape index (κ3) is 2.18. The van der Waals surface area contributed by atoms with Crippen LogP contribution in [0.5, 0.6) is 5.75 Å². The van der Waals surface area contributed by atoms with Gasteiger partial charge >= 0.3 is 0 Å². The Hall–Kier alpha value is -1.06. The van der Waals surface area contributed by atoms with Crippen molar-refractivity contribution in [2.24, 2.45) is 0 Å². The maximum absolute atomic E-state index is 6.86.